The van der Waals surface area contributed by atoms with Crippen molar-refractivity contribution in [2.45, 2.75) is 51.0 Å². The molecule has 0 bridgehead atoms. The number of rotatable bonds is 3. The molecule has 9 nitrogen and oxygen atoms in total. The van der Waals surface area contributed by atoms with Crippen LogP contribution >= 0.6 is 0 Å². The number of carbonyl (C=O) groups is 1. The number of nitrogens with zero attached hydrogens (tertiary/aromatic N) is 2. The molecule has 0 radical (unpaired) electrons. The van der Waals surface area contributed by atoms with E-state index in [0.717, 1.165) is 4.57 Å². The second-order valence-electron chi connectivity index (χ2n) is 6.31. The molecule has 0 aromatic carbocycles. The minimum absolute atomic E-state index is 0.0711. The Balaban J connectivity index is 2.13. The summed E-state index contributed by atoms with van der Waals surface area (Å²) in [4.78, 5) is 27.2. The van der Waals surface area contributed by atoms with Crippen LogP contribution in [0, 0.1) is 0 Å². The number of alkyl halides is 1. The Kier molecular flexibility index (Phi) is 5.21. The van der Waals surface area contributed by atoms with Gasteiger partial charge in [0.25, 0.3) is 0 Å². The van der Waals surface area contributed by atoms with E-state index in [9.17, 15) is 19.1 Å². The van der Waals surface area contributed by atoms with Gasteiger partial charge in [-0.1, -0.05) is 0 Å². The molecule has 1 fully saturated rings. The van der Waals surface area contributed by atoms with E-state index in [4.69, 9.17) is 14.6 Å². The van der Waals surface area contributed by atoms with Gasteiger partial charge in [-0.3, -0.25) is 9.88 Å². The highest BCUT2D eigenvalue weighted by atomic mass is 19.1. The van der Waals surface area contributed by atoms with Crippen molar-refractivity contribution in [3.05, 3.63) is 22.7 Å². The first-order valence-corrected chi connectivity index (χ1v) is 7.30. The van der Waals surface area contributed by atoms with E-state index >= 15 is 0 Å². The normalized spacial score (nSPS) is 27.1. The number of nitrogens with one attached hydrogen (secondary N) is 1. The second-order valence-corrected chi connectivity index (χ2v) is 6.31. The SMILES string of the molecule is CC(C)(C)OC(=O)Nc1ccn([C@@H]2O[C@H](CO)[C@H](O)C2F)c(=O)n1. The van der Waals surface area contributed by atoms with Gasteiger partial charge in [0.15, 0.2) is 12.4 Å². The molecule has 1 saturated heterocycles. The van der Waals surface area contributed by atoms with Crippen LogP contribution in [0.2, 0.25) is 0 Å². The number of amides is 1. The Hall–Kier alpha value is -2.04. The number of aromatic nitrogens is 2. The molecule has 0 spiro atoms. The fraction of sp³-hybridized carbons (Fsp3) is 0.643. The van der Waals surface area contributed by atoms with E-state index in [1.165, 1.54) is 12.3 Å². The van der Waals surface area contributed by atoms with Gasteiger partial charge in [0, 0.05) is 6.20 Å². The van der Waals surface area contributed by atoms with Crippen molar-refractivity contribution in [2.24, 2.45) is 0 Å². The Bertz CT molecular complexity index is 659. The number of hydrogen-bond acceptors (Lipinski definition) is 7. The topological polar surface area (TPSA) is 123 Å². The lowest BCUT2D eigenvalue weighted by Gasteiger charge is -2.19. The first kappa shape index (κ1) is 18.3. The number of hydrogen-bond donors (Lipinski definition) is 3. The van der Waals surface area contributed by atoms with Gasteiger partial charge in [0.2, 0.25) is 0 Å². The van der Waals surface area contributed by atoms with Crippen LogP contribution in [0.15, 0.2) is 17.1 Å². The van der Waals surface area contributed by atoms with Gasteiger partial charge < -0.3 is 19.7 Å². The van der Waals surface area contributed by atoms with E-state index < -0.39 is 48.6 Å². The van der Waals surface area contributed by atoms with Crippen LogP contribution in [0.5, 0.6) is 0 Å². The largest absolute Gasteiger partial charge is 0.444 e. The molecule has 10 heteroatoms. The highest BCUT2D eigenvalue weighted by molar-refractivity contribution is 5.83. The van der Waals surface area contributed by atoms with Crippen molar-refractivity contribution in [1.82, 2.24) is 9.55 Å². The number of anilines is 1. The summed E-state index contributed by atoms with van der Waals surface area (Å²) in [5.41, 5.74) is -1.60. The summed E-state index contributed by atoms with van der Waals surface area (Å²) in [5.74, 6) is -0.0711. The third kappa shape index (κ3) is 4.08. The molecule has 24 heavy (non-hydrogen) atoms. The van der Waals surface area contributed by atoms with Crippen molar-refractivity contribution in [1.29, 1.82) is 0 Å². The average molecular weight is 345 g/mol. The monoisotopic (exact) mass is 345 g/mol. The molecule has 2 rings (SSSR count). The van der Waals surface area contributed by atoms with E-state index in [1.54, 1.807) is 20.8 Å². The lowest BCUT2D eigenvalue weighted by Crippen LogP contribution is -2.34. The molecule has 0 aliphatic carbocycles. The van der Waals surface area contributed by atoms with E-state index in [-0.39, 0.29) is 5.82 Å². The summed E-state index contributed by atoms with van der Waals surface area (Å²) >= 11 is 0. The van der Waals surface area contributed by atoms with Gasteiger partial charge in [-0.15, -0.1) is 0 Å². The minimum atomic E-state index is -1.90. The van der Waals surface area contributed by atoms with Gasteiger partial charge in [0.05, 0.1) is 6.61 Å². The number of ether oxygens (including phenoxy) is 2. The van der Waals surface area contributed by atoms with Crippen molar-refractivity contribution in [2.75, 3.05) is 11.9 Å². The maximum Gasteiger partial charge on any atom is 0.413 e. The van der Waals surface area contributed by atoms with Crippen LogP contribution in [0.25, 0.3) is 0 Å². The van der Waals surface area contributed by atoms with Crippen LogP contribution in [0.3, 0.4) is 0 Å². The molecule has 2 heterocycles. The third-order valence-corrected chi connectivity index (χ3v) is 3.21. The molecule has 1 aromatic rings. The Labute approximate surface area is 137 Å². The molecule has 1 aliphatic rings. The molecular weight excluding hydrogens is 325 g/mol. The highest BCUT2D eigenvalue weighted by Crippen LogP contribution is 2.30. The van der Waals surface area contributed by atoms with Crippen LogP contribution in [-0.2, 0) is 9.47 Å². The lowest BCUT2D eigenvalue weighted by atomic mass is 10.1. The van der Waals surface area contributed by atoms with E-state index in [1.807, 2.05) is 0 Å². The predicted molar refractivity (Wildman–Crippen MR) is 80.3 cm³/mol. The number of carbonyl (C=O) groups excluding carboxylic acids is 1. The van der Waals surface area contributed by atoms with Gasteiger partial charge in [-0.2, -0.15) is 4.98 Å². The number of halogens is 1. The quantitative estimate of drug-likeness (QED) is 0.714. The fourth-order valence-electron chi connectivity index (χ4n) is 2.16. The number of aliphatic hydroxyl groups excluding tert-OH is 2. The molecule has 1 aliphatic heterocycles. The van der Waals surface area contributed by atoms with Crippen LogP contribution in [0.4, 0.5) is 15.0 Å². The van der Waals surface area contributed by atoms with Crippen molar-refractivity contribution in [3.63, 3.8) is 0 Å². The van der Waals surface area contributed by atoms with Crippen molar-refractivity contribution in [3.8, 4) is 0 Å². The van der Waals surface area contributed by atoms with Gasteiger partial charge >= 0.3 is 11.8 Å². The molecule has 0 saturated carbocycles. The molecule has 3 N–H and O–H groups in total. The summed E-state index contributed by atoms with van der Waals surface area (Å²) in [5, 5.41) is 20.9. The zero-order chi connectivity index (χ0) is 18.1. The van der Waals surface area contributed by atoms with Crippen LogP contribution < -0.4 is 11.0 Å². The maximum absolute atomic E-state index is 14.0. The van der Waals surface area contributed by atoms with Crippen LogP contribution in [-0.4, -0.2) is 56.4 Å². The molecule has 1 aromatic heterocycles. The van der Waals surface area contributed by atoms with E-state index in [2.05, 4.69) is 10.3 Å². The Morgan fingerprint density at radius 1 is 1.54 bits per heavy atom. The third-order valence-electron chi connectivity index (χ3n) is 3.21. The van der Waals surface area contributed by atoms with Crippen molar-refractivity contribution >= 4 is 11.9 Å². The summed E-state index contributed by atoms with van der Waals surface area (Å²) in [6, 6.07) is 1.26. The molecular formula is C14H20FN3O6. The van der Waals surface area contributed by atoms with Crippen molar-refractivity contribution < 1.29 is 28.9 Å². The zero-order valence-electron chi connectivity index (χ0n) is 13.5. The molecule has 4 atom stereocenters. The fourth-order valence-corrected chi connectivity index (χ4v) is 2.16. The smallest absolute Gasteiger partial charge is 0.413 e. The molecule has 134 valence electrons. The summed E-state index contributed by atoms with van der Waals surface area (Å²) < 4.78 is 25.0. The van der Waals surface area contributed by atoms with Crippen LogP contribution in [0.1, 0.15) is 27.0 Å². The molecule has 1 amide bonds. The summed E-state index contributed by atoms with van der Waals surface area (Å²) in [6.07, 6.45) is -5.60. The molecule has 1 unspecified atom stereocenters. The van der Waals surface area contributed by atoms with Gasteiger partial charge in [0.1, 0.15) is 23.6 Å². The summed E-state index contributed by atoms with van der Waals surface area (Å²) in [6.45, 7) is 4.46. The van der Waals surface area contributed by atoms with E-state index in [0.29, 0.717) is 0 Å². The minimum Gasteiger partial charge on any atom is -0.444 e. The van der Waals surface area contributed by atoms with Gasteiger partial charge in [-0.05, 0) is 26.8 Å². The maximum atomic E-state index is 14.0. The average Bonchev–Trinajstić information content (AvgIpc) is 2.73. The van der Waals surface area contributed by atoms with Gasteiger partial charge in [-0.25, -0.2) is 14.0 Å². The zero-order valence-corrected chi connectivity index (χ0v) is 13.5. The second kappa shape index (κ2) is 6.83. The standard InChI is InChI=1S/C14H20FN3O6/c1-14(2,3)24-13(22)17-8-4-5-18(12(21)16-8)11-9(15)10(20)7(6-19)23-11/h4-5,7,9-11,19-20H,6H2,1-3H3,(H,16,17,21,22)/t7-,9?,10+,11-/m1/s1. The predicted octanol–water partition coefficient (Wildman–Crippen LogP) is 0.179. The Morgan fingerprint density at radius 2 is 2.21 bits per heavy atom. The summed E-state index contributed by atoms with van der Waals surface area (Å²) in [7, 11) is 0. The first-order chi connectivity index (χ1) is 11.1. The Morgan fingerprint density at radius 3 is 2.71 bits per heavy atom. The first-order valence-electron chi connectivity index (χ1n) is 7.30. The number of aliphatic hydroxyl groups is 2. The highest BCUT2D eigenvalue weighted by Gasteiger charge is 2.45. The lowest BCUT2D eigenvalue weighted by molar-refractivity contribution is -0.0491.